The zero-order valence-electron chi connectivity index (χ0n) is 11.5. The van der Waals surface area contributed by atoms with E-state index in [1.54, 1.807) is 0 Å². The van der Waals surface area contributed by atoms with Gasteiger partial charge in [-0.3, -0.25) is 19.4 Å². The fourth-order valence-electron chi connectivity index (χ4n) is 2.52. The minimum atomic E-state index is -0.104. The third kappa shape index (κ3) is 3.79. The number of rotatable bonds is 2. The van der Waals surface area contributed by atoms with Crippen molar-refractivity contribution in [2.24, 2.45) is 0 Å². The van der Waals surface area contributed by atoms with Crippen molar-refractivity contribution in [2.75, 3.05) is 26.2 Å². The fraction of sp³-hybridized carbons (Fsp3) is 0.714. The number of imide groups is 1. The van der Waals surface area contributed by atoms with Crippen molar-refractivity contribution < 1.29 is 14.3 Å². The van der Waals surface area contributed by atoms with Crippen LogP contribution in [0.15, 0.2) is 0 Å². The van der Waals surface area contributed by atoms with E-state index in [0.717, 1.165) is 13.1 Å². The molecule has 2 aliphatic rings. The number of amides is 2. The molecule has 2 saturated heterocycles. The number of hydrogen-bond acceptors (Lipinski definition) is 4. The Hall–Kier alpha value is -1.38. The van der Waals surface area contributed by atoms with Gasteiger partial charge in [0.05, 0.1) is 25.3 Å². The summed E-state index contributed by atoms with van der Waals surface area (Å²) in [5.74, 6) is 5.75. The molecular formula is C14H20N2O3. The molecule has 0 aromatic carbocycles. The van der Waals surface area contributed by atoms with Crippen molar-refractivity contribution in [2.45, 2.75) is 38.9 Å². The van der Waals surface area contributed by atoms with Crippen LogP contribution < -0.4 is 0 Å². The summed E-state index contributed by atoms with van der Waals surface area (Å²) in [6.07, 6.45) is 1.12. The van der Waals surface area contributed by atoms with Crippen LogP contribution in [-0.4, -0.2) is 60.0 Å². The first-order valence-electron chi connectivity index (χ1n) is 6.73. The van der Waals surface area contributed by atoms with Gasteiger partial charge in [-0.15, -0.1) is 0 Å². The van der Waals surface area contributed by atoms with Gasteiger partial charge in [0.1, 0.15) is 0 Å². The highest BCUT2D eigenvalue weighted by molar-refractivity contribution is 6.02. The molecule has 0 spiro atoms. The van der Waals surface area contributed by atoms with E-state index in [-0.39, 0.29) is 30.6 Å². The minimum Gasteiger partial charge on any atom is -0.373 e. The van der Waals surface area contributed by atoms with Crippen molar-refractivity contribution in [3.63, 3.8) is 0 Å². The van der Waals surface area contributed by atoms with Gasteiger partial charge in [0.25, 0.3) is 0 Å². The lowest BCUT2D eigenvalue weighted by Gasteiger charge is -2.34. The molecule has 0 aliphatic carbocycles. The lowest BCUT2D eigenvalue weighted by atomic mass is 10.2. The molecule has 0 N–H and O–H groups in total. The highest BCUT2D eigenvalue weighted by Gasteiger charge is 2.27. The number of carbonyl (C=O) groups excluding carboxylic acids is 2. The molecule has 2 heterocycles. The Morgan fingerprint density at radius 1 is 1.05 bits per heavy atom. The monoisotopic (exact) mass is 264 g/mol. The van der Waals surface area contributed by atoms with Gasteiger partial charge in [0, 0.05) is 25.9 Å². The van der Waals surface area contributed by atoms with Gasteiger partial charge >= 0.3 is 0 Å². The van der Waals surface area contributed by atoms with Gasteiger partial charge in [-0.25, -0.2) is 0 Å². The molecule has 0 radical (unpaired) electrons. The maximum Gasteiger partial charge on any atom is 0.230 e. The summed E-state index contributed by atoms with van der Waals surface area (Å²) in [6.45, 7) is 6.75. The smallest absolute Gasteiger partial charge is 0.230 e. The van der Waals surface area contributed by atoms with Crippen LogP contribution in [0.3, 0.4) is 0 Å². The summed E-state index contributed by atoms with van der Waals surface area (Å²) in [7, 11) is 0. The average molecular weight is 264 g/mol. The van der Waals surface area contributed by atoms with E-state index in [2.05, 4.69) is 30.6 Å². The first-order chi connectivity index (χ1) is 9.06. The SMILES string of the molecule is C[C@@H]1CN(CC#CCN2C(=O)CCC2=O)C[C@@H](C)O1. The first-order valence-corrected chi connectivity index (χ1v) is 6.73. The molecule has 0 aromatic heterocycles. The van der Waals surface area contributed by atoms with Crippen LogP contribution in [0.4, 0.5) is 0 Å². The van der Waals surface area contributed by atoms with Gasteiger partial charge < -0.3 is 4.74 Å². The normalized spacial score (nSPS) is 28.4. The van der Waals surface area contributed by atoms with Crippen LogP contribution in [-0.2, 0) is 14.3 Å². The molecule has 2 aliphatic heterocycles. The van der Waals surface area contributed by atoms with Crippen LogP contribution in [0.1, 0.15) is 26.7 Å². The molecule has 0 aromatic rings. The molecule has 0 unspecified atom stereocenters. The average Bonchev–Trinajstić information content (AvgIpc) is 2.64. The summed E-state index contributed by atoms with van der Waals surface area (Å²) in [4.78, 5) is 26.2. The third-order valence-corrected chi connectivity index (χ3v) is 3.31. The maximum atomic E-state index is 11.4. The van der Waals surface area contributed by atoms with Crippen molar-refractivity contribution in [3.8, 4) is 11.8 Å². The summed E-state index contributed by atoms with van der Waals surface area (Å²) < 4.78 is 5.64. The molecule has 0 saturated carbocycles. The Labute approximate surface area is 113 Å². The van der Waals surface area contributed by atoms with Gasteiger partial charge in [-0.05, 0) is 13.8 Å². The first kappa shape index (κ1) is 14.0. The van der Waals surface area contributed by atoms with E-state index >= 15 is 0 Å². The van der Waals surface area contributed by atoms with Crippen LogP contribution in [0.25, 0.3) is 0 Å². The molecule has 2 rings (SSSR count). The number of ether oxygens (including phenoxy) is 1. The molecule has 19 heavy (non-hydrogen) atoms. The van der Waals surface area contributed by atoms with E-state index in [0.29, 0.717) is 19.4 Å². The van der Waals surface area contributed by atoms with Crippen LogP contribution >= 0.6 is 0 Å². The third-order valence-electron chi connectivity index (χ3n) is 3.31. The minimum absolute atomic E-state index is 0.104. The Balaban J connectivity index is 1.78. The van der Waals surface area contributed by atoms with Crippen molar-refractivity contribution in [1.82, 2.24) is 9.80 Å². The number of carbonyl (C=O) groups is 2. The van der Waals surface area contributed by atoms with Crippen molar-refractivity contribution in [1.29, 1.82) is 0 Å². The Kier molecular flexibility index (Phi) is 4.56. The molecule has 5 nitrogen and oxygen atoms in total. The molecule has 0 bridgehead atoms. The topological polar surface area (TPSA) is 49.9 Å². The summed E-state index contributed by atoms with van der Waals surface area (Å²) in [6, 6.07) is 0. The van der Waals surface area contributed by atoms with Crippen LogP contribution in [0.2, 0.25) is 0 Å². The maximum absolute atomic E-state index is 11.4. The number of hydrogen-bond donors (Lipinski definition) is 0. The molecule has 2 amide bonds. The standard InChI is InChI=1S/C14H20N2O3/c1-11-9-15(10-12(2)19-11)7-3-4-8-16-13(17)5-6-14(16)18/h11-12H,5-10H2,1-2H3/t11-,12-/m1/s1. The van der Waals surface area contributed by atoms with Crippen molar-refractivity contribution >= 4 is 11.8 Å². The Bertz CT molecular complexity index is 398. The van der Waals surface area contributed by atoms with E-state index in [9.17, 15) is 9.59 Å². The lowest BCUT2D eigenvalue weighted by molar-refractivity contribution is -0.137. The van der Waals surface area contributed by atoms with Gasteiger partial charge in [-0.1, -0.05) is 11.8 Å². The van der Waals surface area contributed by atoms with Crippen LogP contribution in [0, 0.1) is 11.8 Å². The Morgan fingerprint density at radius 2 is 1.58 bits per heavy atom. The van der Waals surface area contributed by atoms with Crippen molar-refractivity contribution in [3.05, 3.63) is 0 Å². The second kappa shape index (κ2) is 6.18. The number of likely N-dealkylation sites (tertiary alicyclic amines) is 1. The summed E-state index contributed by atoms with van der Waals surface area (Å²) >= 11 is 0. The predicted molar refractivity (Wildman–Crippen MR) is 70.2 cm³/mol. The van der Waals surface area contributed by atoms with Crippen LogP contribution in [0.5, 0.6) is 0 Å². The summed E-state index contributed by atoms with van der Waals surface area (Å²) in [5, 5.41) is 0. The molecule has 5 heteroatoms. The molecule has 2 atom stereocenters. The second-order valence-corrected chi connectivity index (χ2v) is 5.18. The molecule has 104 valence electrons. The van der Waals surface area contributed by atoms with Gasteiger partial charge in [0.15, 0.2) is 0 Å². The second-order valence-electron chi connectivity index (χ2n) is 5.18. The van der Waals surface area contributed by atoms with Gasteiger partial charge in [-0.2, -0.15) is 0 Å². The predicted octanol–water partition coefficient (Wildman–Crippen LogP) is 0.248. The highest BCUT2D eigenvalue weighted by Crippen LogP contribution is 2.11. The largest absolute Gasteiger partial charge is 0.373 e. The molecule has 2 fully saturated rings. The summed E-state index contributed by atoms with van der Waals surface area (Å²) in [5.41, 5.74) is 0. The Morgan fingerprint density at radius 3 is 2.16 bits per heavy atom. The highest BCUT2D eigenvalue weighted by atomic mass is 16.5. The lowest BCUT2D eigenvalue weighted by Crippen LogP contribution is -2.45. The fourth-order valence-corrected chi connectivity index (χ4v) is 2.52. The van der Waals surface area contributed by atoms with E-state index in [1.807, 2.05) is 0 Å². The zero-order valence-corrected chi connectivity index (χ0v) is 11.5. The van der Waals surface area contributed by atoms with E-state index in [1.165, 1.54) is 4.90 Å². The van der Waals surface area contributed by atoms with Gasteiger partial charge in [0.2, 0.25) is 11.8 Å². The van der Waals surface area contributed by atoms with E-state index in [4.69, 9.17) is 4.74 Å². The molecular weight excluding hydrogens is 244 g/mol. The number of morpholine rings is 1. The number of nitrogens with zero attached hydrogens (tertiary/aromatic N) is 2. The van der Waals surface area contributed by atoms with E-state index < -0.39 is 0 Å². The quantitative estimate of drug-likeness (QED) is 0.530. The zero-order chi connectivity index (χ0) is 13.8.